The van der Waals surface area contributed by atoms with Crippen molar-refractivity contribution in [1.82, 2.24) is 0 Å². The van der Waals surface area contributed by atoms with Gasteiger partial charge < -0.3 is 10.2 Å². The van der Waals surface area contributed by atoms with E-state index in [-0.39, 0.29) is 21.7 Å². The van der Waals surface area contributed by atoms with Gasteiger partial charge in [-0.1, -0.05) is 90.5 Å². The quantitative estimate of drug-likeness (QED) is 0.394. The molecule has 0 heterocycles. The topological polar surface area (TPSA) is 40.5 Å². The Hall–Kier alpha value is -1.96. The van der Waals surface area contributed by atoms with Crippen molar-refractivity contribution in [2.45, 2.75) is 153 Å². The molecule has 0 spiro atoms. The molecule has 2 heteroatoms. The summed E-state index contributed by atoms with van der Waals surface area (Å²) in [5.74, 6) is 2.06. The molecule has 8 rings (SSSR count). The zero-order valence-electron chi connectivity index (χ0n) is 26.3. The predicted octanol–water partition coefficient (Wildman–Crippen LogP) is 10.8. The smallest absolute Gasteiger partial charge is 0.119 e. The molecular weight excluding hydrogens is 500 g/mol. The second-order valence-electron chi connectivity index (χ2n) is 17.2. The number of phenols is 2. The molecule has 2 aromatic carbocycles. The van der Waals surface area contributed by atoms with Gasteiger partial charge in [-0.3, -0.25) is 0 Å². The molecule has 6 fully saturated rings. The van der Waals surface area contributed by atoms with Crippen molar-refractivity contribution in [2.24, 2.45) is 16.2 Å². The van der Waals surface area contributed by atoms with Crippen LogP contribution in [-0.4, -0.2) is 10.2 Å². The fourth-order valence-electron chi connectivity index (χ4n) is 11.8. The Kier molecular flexibility index (Phi) is 6.47. The summed E-state index contributed by atoms with van der Waals surface area (Å²) in [7, 11) is 0. The number of benzene rings is 2. The van der Waals surface area contributed by atoms with Crippen LogP contribution in [0.15, 0.2) is 36.4 Å². The third kappa shape index (κ3) is 4.48. The molecular formula is C39H54O2. The van der Waals surface area contributed by atoms with Gasteiger partial charge in [0.1, 0.15) is 11.5 Å². The Morgan fingerprint density at radius 3 is 1.44 bits per heavy atom. The molecule has 6 aliphatic carbocycles. The summed E-state index contributed by atoms with van der Waals surface area (Å²) < 4.78 is 0. The first-order valence-electron chi connectivity index (χ1n) is 17.1. The Balaban J connectivity index is 1.36. The maximum absolute atomic E-state index is 11.1. The standard InChI is InChI=1S/C39H54O2/c1-35(2,3)39-23-36(4)21-37(25-39,29-15-17-33(40)31(19-29)27-11-7-5-8-12-27)24-38(22-36,26-39)30-16-18-34(41)32(20-30)28-13-9-6-10-14-28/h15-20,27-28,40-41H,5-14,21-26H2,1-4H3. The summed E-state index contributed by atoms with van der Waals surface area (Å²) in [6.45, 7) is 10.2. The zero-order chi connectivity index (χ0) is 28.7. The second kappa shape index (κ2) is 9.52. The lowest BCUT2D eigenvalue weighted by molar-refractivity contribution is -0.176. The minimum Gasteiger partial charge on any atom is -0.508 e. The maximum Gasteiger partial charge on any atom is 0.119 e. The Labute approximate surface area is 249 Å². The van der Waals surface area contributed by atoms with Gasteiger partial charge in [0.15, 0.2) is 0 Å². The van der Waals surface area contributed by atoms with Crippen molar-refractivity contribution < 1.29 is 10.2 Å². The van der Waals surface area contributed by atoms with Gasteiger partial charge in [-0.15, -0.1) is 0 Å². The average molecular weight is 555 g/mol. The number of rotatable bonds is 4. The van der Waals surface area contributed by atoms with Crippen LogP contribution in [0.4, 0.5) is 0 Å². The number of hydrogen-bond donors (Lipinski definition) is 2. The second-order valence-corrected chi connectivity index (χ2v) is 17.2. The van der Waals surface area contributed by atoms with E-state index in [0.29, 0.717) is 28.7 Å². The highest BCUT2D eigenvalue weighted by Crippen LogP contribution is 2.77. The summed E-state index contributed by atoms with van der Waals surface area (Å²) in [6, 6.07) is 13.7. The molecule has 2 N–H and O–H groups in total. The molecule has 0 aromatic heterocycles. The Morgan fingerprint density at radius 2 is 1.02 bits per heavy atom. The van der Waals surface area contributed by atoms with Gasteiger partial charge in [0.25, 0.3) is 0 Å². The van der Waals surface area contributed by atoms with E-state index in [2.05, 4.69) is 64.1 Å². The summed E-state index contributed by atoms with van der Waals surface area (Å²) in [5.41, 5.74) is 6.54. The normalized spacial score (nSPS) is 36.1. The fraction of sp³-hybridized carbons (Fsp3) is 0.692. The number of phenolic OH excluding ortho intramolecular Hbond substituents is 2. The van der Waals surface area contributed by atoms with Crippen LogP contribution in [0.1, 0.15) is 165 Å². The van der Waals surface area contributed by atoms with Crippen molar-refractivity contribution in [2.75, 3.05) is 0 Å². The molecule has 0 radical (unpaired) electrons. The Bertz CT molecular complexity index is 1220. The van der Waals surface area contributed by atoms with Crippen LogP contribution < -0.4 is 0 Å². The van der Waals surface area contributed by atoms with Crippen LogP contribution in [0.3, 0.4) is 0 Å². The fourth-order valence-corrected chi connectivity index (χ4v) is 11.8. The monoisotopic (exact) mass is 554 g/mol. The summed E-state index contributed by atoms with van der Waals surface area (Å²) in [6.07, 6.45) is 20.3. The lowest BCUT2D eigenvalue weighted by Crippen LogP contribution is -2.66. The minimum atomic E-state index is 0.136. The van der Waals surface area contributed by atoms with E-state index in [1.54, 1.807) is 0 Å². The van der Waals surface area contributed by atoms with E-state index in [0.717, 1.165) is 0 Å². The molecule has 2 nitrogen and oxygen atoms in total. The molecule has 2 atom stereocenters. The van der Waals surface area contributed by atoms with E-state index in [1.165, 1.54) is 125 Å². The van der Waals surface area contributed by atoms with Crippen LogP contribution in [-0.2, 0) is 10.8 Å². The lowest BCUT2D eigenvalue weighted by Gasteiger charge is -2.73. The number of aromatic hydroxyl groups is 2. The molecule has 0 saturated heterocycles. The predicted molar refractivity (Wildman–Crippen MR) is 169 cm³/mol. The third-order valence-electron chi connectivity index (χ3n) is 13.3. The van der Waals surface area contributed by atoms with Gasteiger partial charge in [0.05, 0.1) is 0 Å². The van der Waals surface area contributed by atoms with E-state index >= 15 is 0 Å². The van der Waals surface area contributed by atoms with Gasteiger partial charge in [-0.05, 0) is 138 Å². The first kappa shape index (κ1) is 27.8. The van der Waals surface area contributed by atoms with Crippen LogP contribution in [0.25, 0.3) is 0 Å². The SMILES string of the molecule is CC12CC3(c4ccc(O)c(C5CCCCC5)c4)CC(c4ccc(O)c(C5CCCCC5)c4)(C1)CC(C(C)(C)C)(C2)C3. The summed E-state index contributed by atoms with van der Waals surface area (Å²) in [5, 5.41) is 22.2. The summed E-state index contributed by atoms with van der Waals surface area (Å²) >= 11 is 0. The molecule has 2 aromatic rings. The molecule has 6 aliphatic rings. The van der Waals surface area contributed by atoms with Gasteiger partial charge in [0.2, 0.25) is 0 Å². The first-order chi connectivity index (χ1) is 19.5. The zero-order valence-corrected chi connectivity index (χ0v) is 26.3. The van der Waals surface area contributed by atoms with Crippen LogP contribution >= 0.6 is 0 Å². The van der Waals surface area contributed by atoms with Gasteiger partial charge in [0, 0.05) is 0 Å². The highest BCUT2D eigenvalue weighted by Gasteiger charge is 2.69. The average Bonchev–Trinajstić information content (AvgIpc) is 2.92. The lowest BCUT2D eigenvalue weighted by atomic mass is 9.31. The highest BCUT2D eigenvalue weighted by molar-refractivity contribution is 5.48. The van der Waals surface area contributed by atoms with E-state index in [1.807, 2.05) is 0 Å². The molecule has 2 unspecified atom stereocenters. The molecule has 0 aliphatic heterocycles. The molecule has 0 amide bonds. The van der Waals surface area contributed by atoms with E-state index in [9.17, 15) is 10.2 Å². The maximum atomic E-state index is 11.1. The van der Waals surface area contributed by atoms with Crippen molar-refractivity contribution in [3.63, 3.8) is 0 Å². The summed E-state index contributed by atoms with van der Waals surface area (Å²) in [4.78, 5) is 0. The molecule has 41 heavy (non-hydrogen) atoms. The van der Waals surface area contributed by atoms with Crippen molar-refractivity contribution in [3.05, 3.63) is 58.7 Å². The minimum absolute atomic E-state index is 0.136. The molecule has 6 saturated carbocycles. The van der Waals surface area contributed by atoms with Gasteiger partial charge >= 0.3 is 0 Å². The Morgan fingerprint density at radius 1 is 0.585 bits per heavy atom. The van der Waals surface area contributed by atoms with Crippen molar-refractivity contribution in [1.29, 1.82) is 0 Å². The van der Waals surface area contributed by atoms with Crippen molar-refractivity contribution in [3.8, 4) is 11.5 Å². The van der Waals surface area contributed by atoms with Crippen LogP contribution in [0.5, 0.6) is 11.5 Å². The molecule has 222 valence electrons. The first-order valence-corrected chi connectivity index (χ1v) is 17.1. The van der Waals surface area contributed by atoms with Crippen molar-refractivity contribution >= 4 is 0 Å². The van der Waals surface area contributed by atoms with Crippen LogP contribution in [0, 0.1) is 16.2 Å². The van der Waals surface area contributed by atoms with E-state index in [4.69, 9.17) is 0 Å². The van der Waals surface area contributed by atoms with E-state index < -0.39 is 0 Å². The largest absolute Gasteiger partial charge is 0.508 e. The number of hydrogen-bond acceptors (Lipinski definition) is 2. The highest BCUT2D eigenvalue weighted by atomic mass is 16.3. The van der Waals surface area contributed by atoms with Gasteiger partial charge in [-0.2, -0.15) is 0 Å². The van der Waals surface area contributed by atoms with Crippen LogP contribution in [0.2, 0.25) is 0 Å². The third-order valence-corrected chi connectivity index (χ3v) is 13.3. The van der Waals surface area contributed by atoms with Gasteiger partial charge in [-0.25, -0.2) is 0 Å². The molecule has 4 bridgehead atoms.